The van der Waals surface area contributed by atoms with Crippen LogP contribution in [0.2, 0.25) is 0 Å². The SMILES string of the molecule is CCC(CC)n1ccc(CCNC(C)(C)C)n1. The van der Waals surface area contributed by atoms with Crippen molar-refractivity contribution < 1.29 is 0 Å². The molecule has 0 aliphatic heterocycles. The molecule has 3 heteroatoms. The molecule has 0 aromatic carbocycles. The summed E-state index contributed by atoms with van der Waals surface area (Å²) in [5.41, 5.74) is 1.38. The summed E-state index contributed by atoms with van der Waals surface area (Å²) >= 11 is 0. The van der Waals surface area contributed by atoms with Crippen LogP contribution < -0.4 is 5.32 Å². The van der Waals surface area contributed by atoms with Crippen LogP contribution in [-0.4, -0.2) is 21.9 Å². The van der Waals surface area contributed by atoms with Crippen molar-refractivity contribution in [2.75, 3.05) is 6.54 Å². The lowest BCUT2D eigenvalue weighted by molar-refractivity contribution is 0.416. The zero-order valence-corrected chi connectivity index (χ0v) is 12.0. The molecule has 1 rings (SSSR count). The minimum atomic E-state index is 0.192. The molecule has 98 valence electrons. The molecule has 0 saturated carbocycles. The number of rotatable bonds is 6. The second-order valence-corrected chi connectivity index (χ2v) is 5.68. The molecule has 0 aliphatic carbocycles. The largest absolute Gasteiger partial charge is 0.312 e. The summed E-state index contributed by atoms with van der Waals surface area (Å²) in [4.78, 5) is 0. The van der Waals surface area contributed by atoms with Gasteiger partial charge in [0.2, 0.25) is 0 Å². The van der Waals surface area contributed by atoms with Crippen LogP contribution >= 0.6 is 0 Å². The summed E-state index contributed by atoms with van der Waals surface area (Å²) in [6.45, 7) is 12.0. The van der Waals surface area contributed by atoms with E-state index in [4.69, 9.17) is 0 Å². The molecule has 0 bridgehead atoms. The molecule has 1 aromatic rings. The van der Waals surface area contributed by atoms with E-state index in [1.807, 2.05) is 0 Å². The predicted molar refractivity (Wildman–Crippen MR) is 73.3 cm³/mol. The van der Waals surface area contributed by atoms with Crippen molar-refractivity contribution in [3.63, 3.8) is 0 Å². The average Bonchev–Trinajstić information content (AvgIpc) is 2.67. The first-order valence-corrected chi connectivity index (χ1v) is 6.75. The molecule has 17 heavy (non-hydrogen) atoms. The summed E-state index contributed by atoms with van der Waals surface area (Å²) in [5.74, 6) is 0. The first-order valence-electron chi connectivity index (χ1n) is 6.75. The Morgan fingerprint density at radius 1 is 1.29 bits per heavy atom. The molecule has 0 aliphatic rings. The number of nitrogens with zero attached hydrogens (tertiary/aromatic N) is 2. The lowest BCUT2D eigenvalue weighted by Gasteiger charge is -2.20. The smallest absolute Gasteiger partial charge is 0.0637 e. The third-order valence-corrected chi connectivity index (χ3v) is 3.02. The number of nitrogens with one attached hydrogen (secondary N) is 1. The number of aromatic nitrogens is 2. The van der Waals surface area contributed by atoms with Gasteiger partial charge in [-0.3, -0.25) is 4.68 Å². The molecule has 0 fully saturated rings. The van der Waals surface area contributed by atoms with Gasteiger partial charge >= 0.3 is 0 Å². The van der Waals surface area contributed by atoms with Crippen molar-refractivity contribution in [2.24, 2.45) is 0 Å². The van der Waals surface area contributed by atoms with E-state index in [-0.39, 0.29) is 5.54 Å². The second kappa shape index (κ2) is 6.20. The third-order valence-electron chi connectivity index (χ3n) is 3.02. The van der Waals surface area contributed by atoms with Crippen molar-refractivity contribution >= 4 is 0 Å². The van der Waals surface area contributed by atoms with Gasteiger partial charge in [0.15, 0.2) is 0 Å². The van der Waals surface area contributed by atoms with Crippen molar-refractivity contribution in [2.45, 2.75) is 65.5 Å². The van der Waals surface area contributed by atoms with E-state index in [0.29, 0.717) is 6.04 Å². The van der Waals surface area contributed by atoms with Gasteiger partial charge in [0.25, 0.3) is 0 Å². The fourth-order valence-corrected chi connectivity index (χ4v) is 1.94. The highest BCUT2D eigenvalue weighted by atomic mass is 15.3. The number of hydrogen-bond donors (Lipinski definition) is 1. The molecule has 1 aromatic heterocycles. The maximum absolute atomic E-state index is 4.65. The third kappa shape index (κ3) is 4.90. The second-order valence-electron chi connectivity index (χ2n) is 5.68. The molecule has 0 amide bonds. The molecule has 0 saturated heterocycles. The fraction of sp³-hybridized carbons (Fsp3) is 0.786. The Labute approximate surface area is 106 Å². The van der Waals surface area contributed by atoms with E-state index in [9.17, 15) is 0 Å². The van der Waals surface area contributed by atoms with Crippen LogP contribution in [0.25, 0.3) is 0 Å². The molecule has 0 radical (unpaired) electrons. The summed E-state index contributed by atoms with van der Waals surface area (Å²) in [5, 5.41) is 8.14. The molecular formula is C14H27N3. The average molecular weight is 237 g/mol. The van der Waals surface area contributed by atoms with E-state index in [1.165, 1.54) is 5.69 Å². The normalized spacial score (nSPS) is 12.4. The molecule has 0 atom stereocenters. The van der Waals surface area contributed by atoms with Gasteiger partial charge in [-0.1, -0.05) is 13.8 Å². The summed E-state index contributed by atoms with van der Waals surface area (Å²) in [7, 11) is 0. The minimum absolute atomic E-state index is 0.192. The van der Waals surface area contributed by atoms with Gasteiger partial charge in [0.1, 0.15) is 0 Å². The maximum atomic E-state index is 4.65. The summed E-state index contributed by atoms with van der Waals surface area (Å²) < 4.78 is 2.12. The van der Waals surface area contributed by atoms with E-state index < -0.39 is 0 Å². The van der Waals surface area contributed by atoms with Crippen LogP contribution in [0.5, 0.6) is 0 Å². The Kier molecular flexibility index (Phi) is 5.19. The highest BCUT2D eigenvalue weighted by molar-refractivity contribution is 5.00. The Morgan fingerprint density at radius 2 is 1.94 bits per heavy atom. The van der Waals surface area contributed by atoms with Gasteiger partial charge in [0, 0.05) is 24.7 Å². The Bertz CT molecular complexity index is 318. The zero-order valence-electron chi connectivity index (χ0n) is 12.0. The fourth-order valence-electron chi connectivity index (χ4n) is 1.94. The van der Waals surface area contributed by atoms with Gasteiger partial charge in [0.05, 0.1) is 11.7 Å². The first-order chi connectivity index (χ1) is 7.96. The van der Waals surface area contributed by atoms with Gasteiger partial charge in [-0.05, 0) is 39.7 Å². The highest BCUT2D eigenvalue weighted by Gasteiger charge is 2.10. The van der Waals surface area contributed by atoms with Crippen molar-refractivity contribution in [3.05, 3.63) is 18.0 Å². The summed E-state index contributed by atoms with van der Waals surface area (Å²) in [6, 6.07) is 2.70. The quantitative estimate of drug-likeness (QED) is 0.823. The lowest BCUT2D eigenvalue weighted by Crippen LogP contribution is -2.37. The van der Waals surface area contributed by atoms with Crippen molar-refractivity contribution in [1.82, 2.24) is 15.1 Å². The Hall–Kier alpha value is -0.830. The van der Waals surface area contributed by atoms with Crippen LogP contribution in [0, 0.1) is 0 Å². The van der Waals surface area contributed by atoms with E-state index in [2.05, 4.69) is 62.0 Å². The first kappa shape index (κ1) is 14.2. The lowest BCUT2D eigenvalue weighted by atomic mass is 10.1. The molecular weight excluding hydrogens is 210 g/mol. The minimum Gasteiger partial charge on any atom is -0.312 e. The van der Waals surface area contributed by atoms with Gasteiger partial charge in [-0.15, -0.1) is 0 Å². The summed E-state index contributed by atoms with van der Waals surface area (Å²) in [6.07, 6.45) is 5.42. The van der Waals surface area contributed by atoms with Crippen LogP contribution in [0.1, 0.15) is 59.2 Å². The van der Waals surface area contributed by atoms with Crippen LogP contribution in [-0.2, 0) is 6.42 Å². The van der Waals surface area contributed by atoms with Gasteiger partial charge in [-0.25, -0.2) is 0 Å². The number of hydrogen-bond acceptors (Lipinski definition) is 2. The Balaban J connectivity index is 2.46. The molecule has 3 nitrogen and oxygen atoms in total. The zero-order chi connectivity index (χ0) is 12.9. The van der Waals surface area contributed by atoms with Crippen LogP contribution in [0.15, 0.2) is 12.3 Å². The monoisotopic (exact) mass is 237 g/mol. The molecule has 0 spiro atoms. The van der Waals surface area contributed by atoms with E-state index in [1.54, 1.807) is 0 Å². The highest BCUT2D eigenvalue weighted by Crippen LogP contribution is 2.14. The molecule has 1 N–H and O–H groups in total. The molecule has 0 unspecified atom stereocenters. The van der Waals surface area contributed by atoms with Crippen LogP contribution in [0.3, 0.4) is 0 Å². The van der Waals surface area contributed by atoms with E-state index >= 15 is 0 Å². The maximum Gasteiger partial charge on any atom is 0.0637 e. The molecule has 1 heterocycles. The van der Waals surface area contributed by atoms with Crippen molar-refractivity contribution in [3.8, 4) is 0 Å². The standard InChI is InChI=1S/C14H27N3/c1-6-13(7-2)17-11-9-12(16-17)8-10-15-14(3,4)5/h9,11,13,15H,6-8,10H2,1-5H3. The Morgan fingerprint density at radius 3 is 2.47 bits per heavy atom. The van der Waals surface area contributed by atoms with Crippen LogP contribution in [0.4, 0.5) is 0 Å². The topological polar surface area (TPSA) is 29.9 Å². The predicted octanol–water partition coefficient (Wildman–Crippen LogP) is 3.17. The van der Waals surface area contributed by atoms with Gasteiger partial charge in [-0.2, -0.15) is 5.10 Å². The van der Waals surface area contributed by atoms with Gasteiger partial charge < -0.3 is 5.32 Å². The van der Waals surface area contributed by atoms with Crippen molar-refractivity contribution in [1.29, 1.82) is 0 Å². The van der Waals surface area contributed by atoms with E-state index in [0.717, 1.165) is 25.8 Å².